The third-order valence-corrected chi connectivity index (χ3v) is 4.54. The molecule has 8 nitrogen and oxygen atoms in total. The third-order valence-electron chi connectivity index (χ3n) is 4.54. The summed E-state index contributed by atoms with van der Waals surface area (Å²) in [5.41, 5.74) is 1.47. The minimum Gasteiger partial charge on any atom is -0.370 e. The van der Waals surface area contributed by atoms with Crippen molar-refractivity contribution in [1.29, 1.82) is 0 Å². The summed E-state index contributed by atoms with van der Waals surface area (Å²) in [5, 5.41) is 11.0. The van der Waals surface area contributed by atoms with Crippen LogP contribution >= 0.6 is 0 Å². The van der Waals surface area contributed by atoms with Gasteiger partial charge in [0, 0.05) is 42.8 Å². The Morgan fingerprint density at radius 2 is 1.90 bits per heavy atom. The van der Waals surface area contributed by atoms with Crippen molar-refractivity contribution in [3.05, 3.63) is 72.4 Å². The zero-order valence-corrected chi connectivity index (χ0v) is 16.6. The van der Waals surface area contributed by atoms with E-state index in [4.69, 9.17) is 0 Å². The molecule has 4 N–H and O–H groups in total. The molecule has 0 atom stereocenters. The average Bonchev–Trinajstić information content (AvgIpc) is 3.24. The Morgan fingerprint density at radius 1 is 1.03 bits per heavy atom. The van der Waals surface area contributed by atoms with Crippen molar-refractivity contribution >= 4 is 34.3 Å². The molecule has 4 aromatic rings. The van der Waals surface area contributed by atoms with E-state index in [0.29, 0.717) is 11.5 Å². The maximum Gasteiger partial charge on any atom is 0.326 e. The van der Waals surface area contributed by atoms with Crippen molar-refractivity contribution in [3.8, 4) is 0 Å². The van der Waals surface area contributed by atoms with E-state index in [-0.39, 0.29) is 12.0 Å². The van der Waals surface area contributed by atoms with Crippen LogP contribution in [0.1, 0.15) is 17.9 Å². The first-order valence-corrected chi connectivity index (χ1v) is 9.80. The highest BCUT2D eigenvalue weighted by Gasteiger charge is 2.08. The van der Waals surface area contributed by atoms with E-state index >= 15 is 0 Å². The third kappa shape index (κ3) is 5.11. The number of nitrogens with one attached hydrogen (secondary N) is 4. The number of carbonyl (C=O) groups is 1. The standard InChI is InChI=1S/C22H23N7O/c1-15-13-20(23-10-4-7-19-24-11-12-25-19)28-21(26-15)29-22(30)27-18-9-8-16-5-2-3-6-17(16)14-18/h2-3,5-6,8-9,11-14H,4,7,10H2,1H3,(H,24,25)(H3,23,26,27,28,29,30). The molecule has 0 bridgehead atoms. The van der Waals surface area contributed by atoms with Crippen LogP contribution in [-0.4, -0.2) is 32.5 Å². The predicted octanol–water partition coefficient (Wildman–Crippen LogP) is 4.35. The smallest absolute Gasteiger partial charge is 0.326 e. The lowest BCUT2D eigenvalue weighted by Crippen LogP contribution is -2.21. The van der Waals surface area contributed by atoms with Gasteiger partial charge in [-0.25, -0.2) is 14.8 Å². The summed E-state index contributed by atoms with van der Waals surface area (Å²) in [4.78, 5) is 28.4. The number of aromatic amines is 1. The van der Waals surface area contributed by atoms with Gasteiger partial charge in [0.25, 0.3) is 0 Å². The molecule has 0 saturated carbocycles. The van der Waals surface area contributed by atoms with Gasteiger partial charge < -0.3 is 15.6 Å². The Balaban J connectivity index is 1.34. The van der Waals surface area contributed by atoms with Gasteiger partial charge in [0.05, 0.1) is 0 Å². The molecule has 0 saturated heterocycles. The Kier molecular flexibility index (Phi) is 5.84. The van der Waals surface area contributed by atoms with Gasteiger partial charge >= 0.3 is 6.03 Å². The fourth-order valence-electron chi connectivity index (χ4n) is 3.15. The fourth-order valence-corrected chi connectivity index (χ4v) is 3.15. The van der Waals surface area contributed by atoms with Crippen LogP contribution in [0.4, 0.5) is 22.2 Å². The number of urea groups is 1. The Morgan fingerprint density at radius 3 is 2.73 bits per heavy atom. The number of amides is 2. The number of aromatic nitrogens is 4. The topological polar surface area (TPSA) is 108 Å². The number of nitrogens with zero attached hydrogens (tertiary/aromatic N) is 3. The molecule has 2 heterocycles. The molecule has 0 radical (unpaired) electrons. The van der Waals surface area contributed by atoms with Gasteiger partial charge in [0.2, 0.25) is 5.95 Å². The minimum absolute atomic E-state index is 0.252. The van der Waals surface area contributed by atoms with Gasteiger partial charge in [-0.3, -0.25) is 5.32 Å². The molecule has 0 aliphatic rings. The van der Waals surface area contributed by atoms with E-state index < -0.39 is 0 Å². The maximum atomic E-state index is 12.4. The Hall–Kier alpha value is -3.94. The first kappa shape index (κ1) is 19.4. The summed E-state index contributed by atoms with van der Waals surface area (Å²) in [6.45, 7) is 2.60. The van der Waals surface area contributed by atoms with Crippen molar-refractivity contribution in [2.24, 2.45) is 0 Å². The quantitative estimate of drug-likeness (QED) is 0.344. The van der Waals surface area contributed by atoms with Crippen LogP contribution in [-0.2, 0) is 6.42 Å². The van der Waals surface area contributed by atoms with Crippen LogP contribution in [0.3, 0.4) is 0 Å². The highest BCUT2D eigenvalue weighted by Crippen LogP contribution is 2.19. The number of benzene rings is 2. The lowest BCUT2D eigenvalue weighted by atomic mass is 10.1. The first-order valence-electron chi connectivity index (χ1n) is 9.80. The van der Waals surface area contributed by atoms with E-state index in [1.807, 2.05) is 61.7 Å². The summed E-state index contributed by atoms with van der Waals surface area (Å²) in [6.07, 6.45) is 5.32. The first-order chi connectivity index (χ1) is 14.7. The second-order valence-electron chi connectivity index (χ2n) is 6.93. The molecular weight excluding hydrogens is 378 g/mol. The SMILES string of the molecule is Cc1cc(NCCCc2ncc[nH]2)nc(NC(=O)Nc2ccc3ccccc3c2)n1. The van der Waals surface area contributed by atoms with Crippen LogP contribution in [0.25, 0.3) is 10.8 Å². The molecule has 2 amide bonds. The number of rotatable bonds is 7. The summed E-state index contributed by atoms with van der Waals surface area (Å²) in [6, 6.07) is 15.2. The van der Waals surface area contributed by atoms with E-state index in [1.165, 1.54) is 0 Å². The second-order valence-corrected chi connectivity index (χ2v) is 6.93. The summed E-state index contributed by atoms with van der Waals surface area (Å²) < 4.78 is 0. The number of fused-ring (bicyclic) bond motifs is 1. The molecule has 2 aromatic heterocycles. The highest BCUT2D eigenvalue weighted by atomic mass is 16.2. The van der Waals surface area contributed by atoms with Gasteiger partial charge in [-0.15, -0.1) is 0 Å². The van der Waals surface area contributed by atoms with Crippen LogP contribution in [0.2, 0.25) is 0 Å². The van der Waals surface area contributed by atoms with Gasteiger partial charge in [-0.1, -0.05) is 30.3 Å². The molecule has 8 heteroatoms. The van der Waals surface area contributed by atoms with Crippen molar-refractivity contribution in [3.63, 3.8) is 0 Å². The number of anilines is 3. The minimum atomic E-state index is -0.389. The molecule has 0 spiro atoms. The molecule has 152 valence electrons. The summed E-state index contributed by atoms with van der Waals surface area (Å²) >= 11 is 0. The van der Waals surface area contributed by atoms with E-state index in [0.717, 1.165) is 41.7 Å². The lowest BCUT2D eigenvalue weighted by Gasteiger charge is -2.10. The second kappa shape index (κ2) is 9.04. The zero-order valence-electron chi connectivity index (χ0n) is 16.6. The molecule has 0 aliphatic heterocycles. The van der Waals surface area contributed by atoms with Gasteiger partial charge in [0.15, 0.2) is 0 Å². The lowest BCUT2D eigenvalue weighted by molar-refractivity contribution is 0.262. The molecule has 0 unspecified atom stereocenters. The largest absolute Gasteiger partial charge is 0.370 e. The fraction of sp³-hybridized carbons (Fsp3) is 0.182. The van der Waals surface area contributed by atoms with Crippen LogP contribution in [0.15, 0.2) is 60.9 Å². The highest BCUT2D eigenvalue weighted by molar-refractivity contribution is 6.00. The Bertz CT molecular complexity index is 1140. The van der Waals surface area contributed by atoms with Crippen molar-refractivity contribution < 1.29 is 4.79 Å². The normalized spacial score (nSPS) is 10.7. The number of H-pyrrole nitrogens is 1. The van der Waals surface area contributed by atoms with Crippen LogP contribution in [0.5, 0.6) is 0 Å². The number of aryl methyl sites for hydroxylation is 2. The van der Waals surface area contributed by atoms with Crippen LogP contribution in [0, 0.1) is 6.92 Å². The predicted molar refractivity (Wildman–Crippen MR) is 119 cm³/mol. The Labute approximate surface area is 174 Å². The van der Waals surface area contributed by atoms with Gasteiger partial charge in [-0.2, -0.15) is 4.98 Å². The van der Waals surface area contributed by atoms with Gasteiger partial charge in [0.1, 0.15) is 11.6 Å². The molecule has 2 aromatic carbocycles. The van der Waals surface area contributed by atoms with E-state index in [9.17, 15) is 4.79 Å². The van der Waals surface area contributed by atoms with Crippen molar-refractivity contribution in [2.45, 2.75) is 19.8 Å². The molecule has 0 aliphatic carbocycles. The number of hydrogen-bond donors (Lipinski definition) is 4. The summed E-state index contributed by atoms with van der Waals surface area (Å²) in [5.74, 6) is 1.88. The maximum absolute atomic E-state index is 12.4. The average molecular weight is 401 g/mol. The van der Waals surface area contributed by atoms with Crippen molar-refractivity contribution in [1.82, 2.24) is 19.9 Å². The molecule has 0 fully saturated rings. The molecular formula is C22H23N7O. The molecule has 30 heavy (non-hydrogen) atoms. The van der Waals surface area contributed by atoms with Gasteiger partial charge in [-0.05, 0) is 36.2 Å². The van der Waals surface area contributed by atoms with Crippen molar-refractivity contribution in [2.75, 3.05) is 22.5 Å². The number of hydrogen-bond acceptors (Lipinski definition) is 5. The number of carbonyl (C=O) groups excluding carboxylic acids is 1. The van der Waals surface area contributed by atoms with E-state index in [1.54, 1.807) is 6.20 Å². The molecule has 4 rings (SSSR count). The zero-order chi connectivity index (χ0) is 20.8. The monoisotopic (exact) mass is 401 g/mol. The van der Waals surface area contributed by atoms with E-state index in [2.05, 4.69) is 35.9 Å². The summed E-state index contributed by atoms with van der Waals surface area (Å²) in [7, 11) is 0. The number of imidazole rings is 1. The van der Waals surface area contributed by atoms with Crippen LogP contribution < -0.4 is 16.0 Å².